The largest absolute Gasteiger partial charge is 0.497 e. The summed E-state index contributed by atoms with van der Waals surface area (Å²) in [4.78, 5) is 25.3. The molecule has 0 aromatic heterocycles. The molecule has 2 rings (SSSR count). The van der Waals surface area contributed by atoms with Crippen LogP contribution in [-0.4, -0.2) is 44.2 Å². The molecule has 1 atom stereocenters. The molecular weight excluding hydrogens is 308 g/mol. The van der Waals surface area contributed by atoms with Crippen LogP contribution in [0.3, 0.4) is 0 Å². The summed E-state index contributed by atoms with van der Waals surface area (Å²) < 4.78 is 9.78. The first-order valence-electron chi connectivity index (χ1n) is 8.41. The zero-order chi connectivity index (χ0) is 17.4. The van der Waals surface area contributed by atoms with E-state index >= 15 is 0 Å². The van der Waals surface area contributed by atoms with Crippen molar-refractivity contribution < 1.29 is 19.1 Å². The van der Waals surface area contributed by atoms with E-state index in [4.69, 9.17) is 4.74 Å². The van der Waals surface area contributed by atoms with Gasteiger partial charge in [-0.15, -0.1) is 0 Å². The number of esters is 1. The molecule has 0 bridgehead atoms. The molecule has 6 nitrogen and oxygen atoms in total. The minimum atomic E-state index is -0.208. The van der Waals surface area contributed by atoms with Crippen LogP contribution in [0.1, 0.15) is 43.7 Å². The summed E-state index contributed by atoms with van der Waals surface area (Å²) in [6.07, 6.45) is 3.86. The fourth-order valence-electron chi connectivity index (χ4n) is 2.98. The fourth-order valence-corrected chi connectivity index (χ4v) is 2.98. The van der Waals surface area contributed by atoms with E-state index in [1.807, 2.05) is 29.2 Å². The minimum absolute atomic E-state index is 0.0358. The second-order valence-electron chi connectivity index (χ2n) is 5.89. The first kappa shape index (κ1) is 18.1. The average molecular weight is 334 g/mol. The van der Waals surface area contributed by atoms with Crippen molar-refractivity contribution in [2.45, 2.75) is 38.1 Å². The predicted molar refractivity (Wildman–Crippen MR) is 90.9 cm³/mol. The van der Waals surface area contributed by atoms with E-state index in [-0.39, 0.29) is 18.0 Å². The fraction of sp³-hybridized carbons (Fsp3) is 0.556. The molecular formula is C18H26N2O4. The number of urea groups is 1. The molecule has 24 heavy (non-hydrogen) atoms. The number of carbonyl (C=O) groups excluding carboxylic acids is 2. The Bertz CT molecular complexity index is 544. The number of hydrogen-bond donors (Lipinski definition) is 1. The van der Waals surface area contributed by atoms with Crippen molar-refractivity contribution in [2.75, 3.05) is 27.3 Å². The number of amides is 2. The Labute approximate surface area is 143 Å². The molecule has 2 amide bonds. The van der Waals surface area contributed by atoms with Crippen LogP contribution in [0.5, 0.6) is 5.75 Å². The molecule has 0 radical (unpaired) electrons. The molecule has 1 aliphatic heterocycles. The smallest absolute Gasteiger partial charge is 0.317 e. The van der Waals surface area contributed by atoms with Crippen LogP contribution >= 0.6 is 0 Å². The van der Waals surface area contributed by atoms with Gasteiger partial charge in [0.1, 0.15) is 5.75 Å². The number of nitrogens with zero attached hydrogens (tertiary/aromatic N) is 1. The van der Waals surface area contributed by atoms with Crippen molar-refractivity contribution in [1.82, 2.24) is 10.2 Å². The second kappa shape index (κ2) is 9.15. The van der Waals surface area contributed by atoms with Gasteiger partial charge < -0.3 is 19.7 Å². The Balaban J connectivity index is 1.81. The summed E-state index contributed by atoms with van der Waals surface area (Å²) in [6, 6.07) is 7.97. The van der Waals surface area contributed by atoms with Crippen molar-refractivity contribution in [1.29, 1.82) is 0 Å². The SMILES string of the molecule is COC(=O)CCCCNC(=O)N1CCCC1c1ccc(OC)cc1. The van der Waals surface area contributed by atoms with E-state index in [0.717, 1.165) is 43.5 Å². The summed E-state index contributed by atoms with van der Waals surface area (Å²) in [5.74, 6) is 0.610. The highest BCUT2D eigenvalue weighted by Crippen LogP contribution is 2.32. The van der Waals surface area contributed by atoms with Crippen molar-refractivity contribution in [2.24, 2.45) is 0 Å². The number of methoxy groups -OCH3 is 2. The summed E-state index contributed by atoms with van der Waals surface area (Å²) in [5, 5.41) is 2.95. The molecule has 1 N–H and O–H groups in total. The third-order valence-electron chi connectivity index (χ3n) is 4.33. The quantitative estimate of drug-likeness (QED) is 0.615. The first-order valence-corrected chi connectivity index (χ1v) is 8.41. The first-order chi connectivity index (χ1) is 11.7. The van der Waals surface area contributed by atoms with Crippen LogP contribution in [0, 0.1) is 0 Å². The van der Waals surface area contributed by atoms with Crippen LogP contribution in [0.2, 0.25) is 0 Å². The summed E-state index contributed by atoms with van der Waals surface area (Å²) in [5.41, 5.74) is 1.13. The normalized spacial score (nSPS) is 16.8. The molecule has 1 aromatic carbocycles. The lowest BCUT2D eigenvalue weighted by molar-refractivity contribution is -0.140. The molecule has 0 saturated carbocycles. The van der Waals surface area contributed by atoms with Gasteiger partial charge in [-0.1, -0.05) is 12.1 Å². The maximum Gasteiger partial charge on any atom is 0.317 e. The van der Waals surface area contributed by atoms with E-state index in [1.54, 1.807) is 7.11 Å². The standard InChI is InChI=1S/C18H26N2O4/c1-23-15-10-8-14(9-11-15)16-6-5-13-20(16)18(22)19-12-4-3-7-17(21)24-2/h8-11,16H,3-7,12-13H2,1-2H3,(H,19,22). The van der Waals surface area contributed by atoms with Crippen LogP contribution < -0.4 is 10.1 Å². The summed E-state index contributed by atoms with van der Waals surface area (Å²) in [6.45, 7) is 1.34. The molecule has 1 fully saturated rings. The monoisotopic (exact) mass is 334 g/mol. The molecule has 1 unspecified atom stereocenters. The van der Waals surface area contributed by atoms with Gasteiger partial charge in [-0.25, -0.2) is 4.79 Å². The van der Waals surface area contributed by atoms with Gasteiger partial charge in [-0.05, 0) is 43.4 Å². The maximum absolute atomic E-state index is 12.4. The van der Waals surface area contributed by atoms with Crippen LogP contribution in [0.15, 0.2) is 24.3 Å². The Morgan fingerprint density at radius 3 is 2.62 bits per heavy atom. The Morgan fingerprint density at radius 2 is 1.96 bits per heavy atom. The average Bonchev–Trinajstić information content (AvgIpc) is 3.11. The third-order valence-corrected chi connectivity index (χ3v) is 4.33. The Hall–Kier alpha value is -2.24. The van der Waals surface area contributed by atoms with Gasteiger partial charge in [0.15, 0.2) is 0 Å². The molecule has 6 heteroatoms. The molecule has 0 spiro atoms. The van der Waals surface area contributed by atoms with Gasteiger partial charge in [-0.3, -0.25) is 4.79 Å². The van der Waals surface area contributed by atoms with E-state index in [2.05, 4.69) is 10.1 Å². The molecule has 1 aliphatic rings. The van der Waals surface area contributed by atoms with Gasteiger partial charge in [0.2, 0.25) is 0 Å². The minimum Gasteiger partial charge on any atom is -0.497 e. The molecule has 1 saturated heterocycles. The van der Waals surface area contributed by atoms with Gasteiger partial charge in [0.05, 0.1) is 20.3 Å². The van der Waals surface area contributed by atoms with Gasteiger partial charge >= 0.3 is 12.0 Å². The highest BCUT2D eigenvalue weighted by molar-refractivity contribution is 5.75. The summed E-state index contributed by atoms with van der Waals surface area (Å²) in [7, 11) is 3.03. The molecule has 1 heterocycles. The lowest BCUT2D eigenvalue weighted by atomic mass is 10.0. The zero-order valence-corrected chi connectivity index (χ0v) is 14.4. The second-order valence-corrected chi connectivity index (χ2v) is 5.89. The van der Waals surface area contributed by atoms with Gasteiger partial charge in [-0.2, -0.15) is 0 Å². The number of ether oxygens (including phenoxy) is 2. The van der Waals surface area contributed by atoms with Crippen molar-refractivity contribution >= 4 is 12.0 Å². The maximum atomic E-state index is 12.4. The van der Waals surface area contributed by atoms with E-state index in [9.17, 15) is 9.59 Å². The number of nitrogens with one attached hydrogen (secondary N) is 1. The highest BCUT2D eigenvalue weighted by Gasteiger charge is 2.29. The number of rotatable bonds is 7. The number of carbonyl (C=O) groups is 2. The number of benzene rings is 1. The number of hydrogen-bond acceptors (Lipinski definition) is 4. The van der Waals surface area contributed by atoms with Crippen LogP contribution in [0.25, 0.3) is 0 Å². The van der Waals surface area contributed by atoms with Crippen molar-refractivity contribution in [3.8, 4) is 5.75 Å². The lowest BCUT2D eigenvalue weighted by Crippen LogP contribution is -2.39. The Kier molecular flexibility index (Phi) is 6.90. The van der Waals surface area contributed by atoms with Gasteiger partial charge in [0.25, 0.3) is 0 Å². The number of unbranched alkanes of at least 4 members (excludes halogenated alkanes) is 1. The van der Waals surface area contributed by atoms with E-state index in [0.29, 0.717) is 13.0 Å². The topological polar surface area (TPSA) is 67.9 Å². The van der Waals surface area contributed by atoms with Gasteiger partial charge in [0, 0.05) is 19.5 Å². The molecule has 0 aliphatic carbocycles. The highest BCUT2D eigenvalue weighted by atomic mass is 16.5. The van der Waals surface area contributed by atoms with Crippen molar-refractivity contribution in [3.63, 3.8) is 0 Å². The lowest BCUT2D eigenvalue weighted by Gasteiger charge is -2.25. The van der Waals surface area contributed by atoms with Crippen LogP contribution in [-0.2, 0) is 9.53 Å². The molecule has 132 valence electrons. The van der Waals surface area contributed by atoms with Crippen molar-refractivity contribution in [3.05, 3.63) is 29.8 Å². The molecule has 1 aromatic rings. The predicted octanol–water partition coefficient (Wildman–Crippen LogP) is 2.89. The third kappa shape index (κ3) is 4.88. The number of likely N-dealkylation sites (tertiary alicyclic amines) is 1. The zero-order valence-electron chi connectivity index (χ0n) is 14.4. The van der Waals surface area contributed by atoms with E-state index < -0.39 is 0 Å². The van der Waals surface area contributed by atoms with Crippen LogP contribution in [0.4, 0.5) is 4.79 Å². The van der Waals surface area contributed by atoms with E-state index in [1.165, 1.54) is 7.11 Å². The Morgan fingerprint density at radius 1 is 1.21 bits per heavy atom. The summed E-state index contributed by atoms with van der Waals surface area (Å²) >= 11 is 0.